The fourth-order valence-electron chi connectivity index (χ4n) is 2.13. The number of fused-ring (bicyclic) bond motifs is 1. The minimum absolute atomic E-state index is 0.195. The van der Waals surface area contributed by atoms with Gasteiger partial charge >= 0.3 is 0 Å². The predicted octanol–water partition coefficient (Wildman–Crippen LogP) is 2.75. The van der Waals surface area contributed by atoms with E-state index in [9.17, 15) is 8.42 Å². The first-order valence-corrected chi connectivity index (χ1v) is 8.56. The van der Waals surface area contributed by atoms with Crippen LogP contribution in [0.15, 0.2) is 46.2 Å². The maximum Gasteiger partial charge on any atom is 0.269 e. The summed E-state index contributed by atoms with van der Waals surface area (Å²) >= 11 is 3.34. The first-order valence-electron chi connectivity index (χ1n) is 6.33. The van der Waals surface area contributed by atoms with Gasteiger partial charge in [-0.2, -0.15) is 0 Å². The molecule has 3 rings (SSSR count). The number of aromatic nitrogens is 3. The Labute approximate surface area is 136 Å². The molecule has 8 heteroatoms. The van der Waals surface area contributed by atoms with Crippen molar-refractivity contribution >= 4 is 37.0 Å². The van der Waals surface area contributed by atoms with Crippen LogP contribution in [0.5, 0.6) is 5.88 Å². The van der Waals surface area contributed by atoms with Crippen molar-refractivity contribution < 1.29 is 13.2 Å². The molecule has 114 valence electrons. The number of methoxy groups -OCH3 is 1. The number of hydrogen-bond acceptors (Lipinski definition) is 5. The monoisotopic (exact) mass is 381 g/mol. The van der Waals surface area contributed by atoms with E-state index in [1.165, 1.54) is 19.6 Å². The highest BCUT2D eigenvalue weighted by Crippen LogP contribution is 2.33. The number of hydrogen-bond donors (Lipinski definition) is 0. The van der Waals surface area contributed by atoms with E-state index in [4.69, 9.17) is 4.74 Å². The molecule has 0 bridgehead atoms. The molecule has 0 aliphatic carbocycles. The zero-order valence-electron chi connectivity index (χ0n) is 11.8. The van der Waals surface area contributed by atoms with E-state index >= 15 is 0 Å². The van der Waals surface area contributed by atoms with E-state index in [1.54, 1.807) is 24.3 Å². The topological polar surface area (TPSA) is 74.1 Å². The summed E-state index contributed by atoms with van der Waals surface area (Å²) in [7, 11) is -2.27. The molecular formula is C14H12BrN3O3S. The Balaban J connectivity index is 2.28. The van der Waals surface area contributed by atoms with Gasteiger partial charge in [0.1, 0.15) is 6.33 Å². The molecule has 0 amide bonds. The molecule has 22 heavy (non-hydrogen) atoms. The van der Waals surface area contributed by atoms with Crippen LogP contribution >= 0.6 is 15.9 Å². The Bertz CT molecular complexity index is 949. The normalized spacial score (nSPS) is 11.8. The molecular weight excluding hydrogens is 370 g/mol. The Morgan fingerprint density at radius 2 is 1.86 bits per heavy atom. The molecule has 0 spiro atoms. The lowest BCUT2D eigenvalue weighted by atomic mass is 10.2. The Morgan fingerprint density at radius 1 is 1.18 bits per heavy atom. The Morgan fingerprint density at radius 3 is 2.50 bits per heavy atom. The lowest BCUT2D eigenvalue weighted by Gasteiger charge is -2.07. The first kappa shape index (κ1) is 15.0. The number of halogens is 1. The highest BCUT2D eigenvalue weighted by molar-refractivity contribution is 9.10. The average Bonchev–Trinajstić information content (AvgIpc) is 2.86. The maximum absolute atomic E-state index is 12.8. The van der Waals surface area contributed by atoms with Crippen LogP contribution < -0.4 is 4.74 Å². The number of ether oxygens (including phenoxy) is 1. The highest BCUT2D eigenvalue weighted by Gasteiger charge is 2.23. The van der Waals surface area contributed by atoms with Gasteiger partial charge in [0, 0.05) is 6.20 Å². The van der Waals surface area contributed by atoms with Crippen LogP contribution in [0.2, 0.25) is 0 Å². The largest absolute Gasteiger partial charge is 0.480 e. The average molecular weight is 382 g/mol. The predicted molar refractivity (Wildman–Crippen MR) is 85.5 cm³/mol. The van der Waals surface area contributed by atoms with Crippen molar-refractivity contribution in [2.24, 2.45) is 0 Å². The van der Waals surface area contributed by atoms with E-state index in [0.29, 0.717) is 15.7 Å². The van der Waals surface area contributed by atoms with E-state index in [2.05, 4.69) is 25.9 Å². The van der Waals surface area contributed by atoms with Gasteiger partial charge in [-0.15, -0.1) is 0 Å². The van der Waals surface area contributed by atoms with Gasteiger partial charge in [-0.1, -0.05) is 17.7 Å². The molecule has 0 saturated heterocycles. The number of aryl methyl sites for hydroxylation is 1. The lowest BCUT2D eigenvalue weighted by Crippen LogP contribution is -2.12. The van der Waals surface area contributed by atoms with Crippen LogP contribution in [0, 0.1) is 6.92 Å². The molecule has 0 saturated carbocycles. The van der Waals surface area contributed by atoms with Gasteiger partial charge in [-0.25, -0.2) is 22.4 Å². The third-order valence-corrected chi connectivity index (χ3v) is 5.51. The van der Waals surface area contributed by atoms with E-state index in [0.717, 1.165) is 9.54 Å². The van der Waals surface area contributed by atoms with Crippen molar-refractivity contribution in [2.45, 2.75) is 11.8 Å². The molecule has 0 radical (unpaired) electrons. The summed E-state index contributed by atoms with van der Waals surface area (Å²) < 4.78 is 32.5. The van der Waals surface area contributed by atoms with E-state index in [1.807, 2.05) is 6.92 Å². The summed E-state index contributed by atoms with van der Waals surface area (Å²) in [6, 6.07) is 6.65. The minimum atomic E-state index is -3.75. The van der Waals surface area contributed by atoms with Gasteiger partial charge in [0.05, 0.1) is 21.9 Å². The SMILES string of the molecule is COc1ncnc2c1c(Br)cn2S(=O)(=O)c1ccc(C)cc1. The second-order valence-corrected chi connectivity index (χ2v) is 7.34. The molecule has 6 nitrogen and oxygen atoms in total. The van der Waals surface area contributed by atoms with Gasteiger partial charge in [0.25, 0.3) is 10.0 Å². The quantitative estimate of drug-likeness (QED) is 0.697. The third kappa shape index (κ3) is 2.28. The summed E-state index contributed by atoms with van der Waals surface area (Å²) in [5.41, 5.74) is 1.25. The van der Waals surface area contributed by atoms with Gasteiger partial charge in [-0.05, 0) is 35.0 Å². The lowest BCUT2D eigenvalue weighted by molar-refractivity contribution is 0.402. The van der Waals surface area contributed by atoms with Crippen molar-refractivity contribution in [1.29, 1.82) is 0 Å². The standard InChI is InChI=1S/C14H12BrN3O3S/c1-9-3-5-10(6-4-9)22(19,20)18-7-11(15)12-13(18)16-8-17-14(12)21-2/h3-8H,1-2H3. The van der Waals surface area contributed by atoms with E-state index < -0.39 is 10.0 Å². The summed E-state index contributed by atoms with van der Waals surface area (Å²) in [6.45, 7) is 1.90. The van der Waals surface area contributed by atoms with Crippen molar-refractivity contribution in [3.05, 3.63) is 46.8 Å². The fourth-order valence-corrected chi connectivity index (χ4v) is 4.13. The zero-order valence-corrected chi connectivity index (χ0v) is 14.2. The van der Waals surface area contributed by atoms with Crippen LogP contribution in [-0.2, 0) is 10.0 Å². The summed E-state index contributed by atoms with van der Waals surface area (Å²) in [4.78, 5) is 8.27. The fraction of sp³-hybridized carbons (Fsp3) is 0.143. The zero-order chi connectivity index (χ0) is 15.9. The van der Waals surface area contributed by atoms with Crippen LogP contribution in [0.1, 0.15) is 5.56 Å². The number of nitrogens with zero attached hydrogens (tertiary/aromatic N) is 3. The van der Waals surface area contributed by atoms with Crippen LogP contribution in [0.4, 0.5) is 0 Å². The number of benzene rings is 1. The molecule has 1 aromatic carbocycles. The van der Waals surface area contributed by atoms with Crippen LogP contribution in [-0.4, -0.2) is 29.5 Å². The van der Waals surface area contributed by atoms with Gasteiger partial charge < -0.3 is 4.74 Å². The van der Waals surface area contributed by atoms with Gasteiger partial charge in [0.15, 0.2) is 5.65 Å². The molecule has 3 aromatic rings. The Hall–Kier alpha value is -1.93. The van der Waals surface area contributed by atoms with Crippen LogP contribution in [0.25, 0.3) is 11.0 Å². The minimum Gasteiger partial charge on any atom is -0.480 e. The number of rotatable bonds is 3. The maximum atomic E-state index is 12.8. The Kier molecular flexibility index (Phi) is 3.65. The van der Waals surface area contributed by atoms with Crippen LogP contribution in [0.3, 0.4) is 0 Å². The molecule has 2 heterocycles. The summed E-state index contributed by atoms with van der Waals surface area (Å²) in [6.07, 6.45) is 2.73. The molecule has 0 aliphatic heterocycles. The first-order chi connectivity index (χ1) is 10.4. The molecule has 0 N–H and O–H groups in total. The third-order valence-electron chi connectivity index (χ3n) is 3.24. The smallest absolute Gasteiger partial charge is 0.269 e. The van der Waals surface area contributed by atoms with Crippen molar-refractivity contribution in [3.63, 3.8) is 0 Å². The van der Waals surface area contributed by atoms with E-state index in [-0.39, 0.29) is 10.5 Å². The van der Waals surface area contributed by atoms with Gasteiger partial charge in [0.2, 0.25) is 5.88 Å². The second kappa shape index (κ2) is 5.36. The second-order valence-electron chi connectivity index (χ2n) is 4.67. The molecule has 0 aliphatic rings. The molecule has 0 atom stereocenters. The highest BCUT2D eigenvalue weighted by atomic mass is 79.9. The van der Waals surface area contributed by atoms with Gasteiger partial charge in [-0.3, -0.25) is 0 Å². The summed E-state index contributed by atoms with van der Waals surface area (Å²) in [5, 5.41) is 0.515. The molecule has 0 fully saturated rings. The summed E-state index contributed by atoms with van der Waals surface area (Å²) in [5.74, 6) is 0.315. The molecule has 0 unspecified atom stereocenters. The molecule has 2 aromatic heterocycles. The van der Waals surface area contributed by atoms with Crippen molar-refractivity contribution in [3.8, 4) is 5.88 Å². The van der Waals surface area contributed by atoms with Crippen molar-refractivity contribution in [2.75, 3.05) is 7.11 Å². The van der Waals surface area contributed by atoms with Crippen molar-refractivity contribution in [1.82, 2.24) is 13.9 Å².